The molecule has 36 heavy (non-hydrogen) atoms. The lowest BCUT2D eigenvalue weighted by atomic mass is 9.90. The number of benzene rings is 1. The number of hydrogen-bond donors (Lipinski definition) is 0. The van der Waals surface area contributed by atoms with Crippen LogP contribution in [0.1, 0.15) is 85.9 Å². The number of nitrogens with zero attached hydrogens (tertiary/aromatic N) is 3. The van der Waals surface area contributed by atoms with Gasteiger partial charge in [-0.2, -0.15) is 0 Å². The van der Waals surface area contributed by atoms with Gasteiger partial charge in [-0.1, -0.05) is 63.3 Å². The average Bonchev–Trinajstić information content (AvgIpc) is 3.22. The summed E-state index contributed by atoms with van der Waals surface area (Å²) in [5, 5.41) is 2.19. The molecule has 3 heterocycles. The third kappa shape index (κ3) is 6.77. The SMILES string of the molecule is CCCCCCCCC(=O)N1CCCN(C(=O)CN2CCc3sccc3[C@H]2c2ccccc2C)CC1. The third-order valence-electron chi connectivity index (χ3n) is 7.83. The molecule has 0 saturated carbocycles. The fourth-order valence-electron chi connectivity index (χ4n) is 5.70. The highest BCUT2D eigenvalue weighted by Gasteiger charge is 2.33. The fourth-order valence-corrected chi connectivity index (χ4v) is 6.60. The first-order valence-corrected chi connectivity index (χ1v) is 14.9. The molecule has 2 aliphatic heterocycles. The summed E-state index contributed by atoms with van der Waals surface area (Å²) in [4.78, 5) is 34.1. The van der Waals surface area contributed by atoms with Gasteiger partial charge < -0.3 is 9.80 Å². The maximum Gasteiger partial charge on any atom is 0.236 e. The normalized spacial score (nSPS) is 18.7. The Morgan fingerprint density at radius 2 is 1.58 bits per heavy atom. The summed E-state index contributed by atoms with van der Waals surface area (Å²) >= 11 is 1.83. The van der Waals surface area contributed by atoms with Crippen molar-refractivity contribution in [2.24, 2.45) is 0 Å². The van der Waals surface area contributed by atoms with E-state index in [1.165, 1.54) is 47.3 Å². The number of fused-ring (bicyclic) bond motifs is 1. The molecule has 2 aromatic rings. The molecule has 5 nitrogen and oxygen atoms in total. The van der Waals surface area contributed by atoms with Crippen molar-refractivity contribution in [2.75, 3.05) is 39.3 Å². The predicted molar refractivity (Wildman–Crippen MR) is 148 cm³/mol. The van der Waals surface area contributed by atoms with E-state index in [0.29, 0.717) is 26.1 Å². The number of aryl methyl sites for hydroxylation is 1. The van der Waals surface area contributed by atoms with Gasteiger partial charge in [-0.05, 0) is 54.3 Å². The zero-order valence-corrected chi connectivity index (χ0v) is 23.0. The van der Waals surface area contributed by atoms with Crippen LogP contribution in [0.5, 0.6) is 0 Å². The van der Waals surface area contributed by atoms with Crippen molar-refractivity contribution in [2.45, 2.75) is 77.7 Å². The average molecular weight is 510 g/mol. The Morgan fingerprint density at radius 3 is 2.36 bits per heavy atom. The van der Waals surface area contributed by atoms with Crippen LogP contribution in [-0.2, 0) is 16.0 Å². The molecule has 4 rings (SSSR count). The van der Waals surface area contributed by atoms with Gasteiger partial charge in [0.1, 0.15) is 0 Å². The molecule has 0 aliphatic carbocycles. The summed E-state index contributed by atoms with van der Waals surface area (Å²) in [6, 6.07) is 10.9. The van der Waals surface area contributed by atoms with Crippen molar-refractivity contribution in [1.29, 1.82) is 0 Å². The fraction of sp³-hybridized carbons (Fsp3) is 0.600. The van der Waals surface area contributed by atoms with Crippen LogP contribution in [0.3, 0.4) is 0 Å². The van der Waals surface area contributed by atoms with E-state index in [4.69, 9.17) is 0 Å². The van der Waals surface area contributed by atoms with E-state index in [2.05, 4.69) is 54.5 Å². The van der Waals surface area contributed by atoms with E-state index < -0.39 is 0 Å². The number of hydrogen-bond acceptors (Lipinski definition) is 4. The molecule has 6 heteroatoms. The van der Waals surface area contributed by atoms with Gasteiger partial charge in [0.2, 0.25) is 11.8 Å². The van der Waals surface area contributed by atoms with Crippen molar-refractivity contribution >= 4 is 23.2 Å². The first-order valence-electron chi connectivity index (χ1n) is 14.0. The van der Waals surface area contributed by atoms with Gasteiger partial charge in [-0.15, -0.1) is 11.3 Å². The van der Waals surface area contributed by atoms with Crippen molar-refractivity contribution in [3.8, 4) is 0 Å². The molecular weight excluding hydrogens is 466 g/mol. The summed E-state index contributed by atoms with van der Waals surface area (Å²) in [6.45, 7) is 8.55. The third-order valence-corrected chi connectivity index (χ3v) is 8.83. The molecule has 1 saturated heterocycles. The lowest BCUT2D eigenvalue weighted by Crippen LogP contribution is -2.45. The van der Waals surface area contributed by atoms with Crippen molar-refractivity contribution in [3.05, 3.63) is 57.3 Å². The second-order valence-corrected chi connectivity index (χ2v) is 11.4. The van der Waals surface area contributed by atoms with Crippen LogP contribution < -0.4 is 0 Å². The van der Waals surface area contributed by atoms with Crippen LogP contribution in [-0.4, -0.2) is 65.8 Å². The smallest absolute Gasteiger partial charge is 0.236 e. The monoisotopic (exact) mass is 509 g/mol. The second-order valence-electron chi connectivity index (χ2n) is 10.4. The molecule has 0 unspecified atom stereocenters. The standard InChI is InChI=1S/C30H43N3O2S/c1-3-4-5-6-7-8-14-28(34)31-17-11-18-32(21-20-31)29(35)23-33-19-15-27-26(16-22-36-27)30(33)25-13-10-9-12-24(25)2/h9-10,12-13,16,22,30H,3-8,11,14-15,17-21,23H2,1-2H3/t30-/m1/s1. The topological polar surface area (TPSA) is 43.9 Å². The Bertz CT molecular complexity index is 1000. The van der Waals surface area contributed by atoms with E-state index in [-0.39, 0.29) is 17.9 Å². The molecular formula is C30H43N3O2S. The highest BCUT2D eigenvalue weighted by Crippen LogP contribution is 2.38. The molecule has 1 atom stereocenters. The van der Waals surface area contributed by atoms with Gasteiger partial charge >= 0.3 is 0 Å². The molecule has 1 fully saturated rings. The van der Waals surface area contributed by atoms with E-state index in [0.717, 1.165) is 45.3 Å². The molecule has 196 valence electrons. The Hall–Kier alpha value is -2.18. The highest BCUT2D eigenvalue weighted by atomic mass is 32.1. The number of amides is 2. The van der Waals surface area contributed by atoms with E-state index >= 15 is 0 Å². The Balaban J connectivity index is 1.33. The van der Waals surface area contributed by atoms with Crippen LogP contribution in [0.4, 0.5) is 0 Å². The molecule has 2 aliphatic rings. The maximum atomic E-state index is 13.5. The summed E-state index contributed by atoms with van der Waals surface area (Å²) in [7, 11) is 0. The zero-order chi connectivity index (χ0) is 25.3. The first-order chi connectivity index (χ1) is 17.6. The lowest BCUT2D eigenvalue weighted by molar-refractivity contribution is -0.134. The van der Waals surface area contributed by atoms with Gasteiger partial charge in [0.15, 0.2) is 0 Å². The first kappa shape index (κ1) is 26.9. The summed E-state index contributed by atoms with van der Waals surface area (Å²) in [5.74, 6) is 0.456. The summed E-state index contributed by atoms with van der Waals surface area (Å²) in [5.41, 5.74) is 3.93. The molecule has 0 radical (unpaired) electrons. The summed E-state index contributed by atoms with van der Waals surface area (Å²) in [6.07, 6.45) is 9.71. The lowest BCUT2D eigenvalue weighted by Gasteiger charge is -2.37. The number of carbonyl (C=O) groups excluding carboxylic acids is 2. The number of thiophene rings is 1. The predicted octanol–water partition coefficient (Wildman–Crippen LogP) is 5.82. The van der Waals surface area contributed by atoms with Gasteiger partial charge in [-0.25, -0.2) is 0 Å². The zero-order valence-electron chi connectivity index (χ0n) is 22.2. The highest BCUT2D eigenvalue weighted by molar-refractivity contribution is 7.10. The second kappa shape index (κ2) is 13.4. The molecule has 0 bridgehead atoms. The van der Waals surface area contributed by atoms with Crippen molar-refractivity contribution in [1.82, 2.24) is 14.7 Å². The number of rotatable bonds is 10. The van der Waals surface area contributed by atoms with Gasteiger partial charge in [0.25, 0.3) is 0 Å². The van der Waals surface area contributed by atoms with Crippen LogP contribution >= 0.6 is 11.3 Å². The van der Waals surface area contributed by atoms with Crippen LogP contribution in [0, 0.1) is 6.92 Å². The van der Waals surface area contributed by atoms with Crippen LogP contribution in [0.25, 0.3) is 0 Å². The maximum absolute atomic E-state index is 13.5. The number of carbonyl (C=O) groups is 2. The molecule has 0 N–H and O–H groups in total. The quantitative estimate of drug-likeness (QED) is 0.379. The number of unbranched alkanes of at least 4 members (excludes halogenated alkanes) is 5. The van der Waals surface area contributed by atoms with Crippen molar-refractivity contribution in [3.63, 3.8) is 0 Å². The summed E-state index contributed by atoms with van der Waals surface area (Å²) < 4.78 is 0. The van der Waals surface area contributed by atoms with Gasteiger partial charge in [0.05, 0.1) is 12.6 Å². The van der Waals surface area contributed by atoms with Crippen LogP contribution in [0.2, 0.25) is 0 Å². The van der Waals surface area contributed by atoms with Crippen LogP contribution in [0.15, 0.2) is 35.7 Å². The Labute approximate surface area is 221 Å². The largest absolute Gasteiger partial charge is 0.341 e. The van der Waals surface area contributed by atoms with Crippen molar-refractivity contribution < 1.29 is 9.59 Å². The van der Waals surface area contributed by atoms with Gasteiger partial charge in [-0.3, -0.25) is 14.5 Å². The van der Waals surface area contributed by atoms with E-state index in [1.807, 2.05) is 21.1 Å². The molecule has 0 spiro atoms. The molecule has 1 aromatic heterocycles. The molecule has 1 aromatic carbocycles. The Kier molecular flexibility index (Phi) is 9.99. The molecule has 2 amide bonds. The minimum absolute atomic E-state index is 0.132. The van der Waals surface area contributed by atoms with Gasteiger partial charge in [0, 0.05) is 44.0 Å². The minimum atomic E-state index is 0.132. The minimum Gasteiger partial charge on any atom is -0.341 e. The van der Waals surface area contributed by atoms with E-state index in [1.54, 1.807) is 0 Å². The Morgan fingerprint density at radius 1 is 0.861 bits per heavy atom. The van der Waals surface area contributed by atoms with E-state index in [9.17, 15) is 9.59 Å².